The molecular formula is C23H23NO6. The molecule has 0 amide bonds. The molecule has 5 rings (SSSR count). The SMILES string of the molecule is COc1cc2c(c3ccoc13)O[C@@H](C(C)(C)C)c1cc(C(=O)O)c(=O)n(C3CC3)c1-2. The summed E-state index contributed by atoms with van der Waals surface area (Å²) in [4.78, 5) is 25.0. The van der Waals surface area contributed by atoms with Gasteiger partial charge in [-0.3, -0.25) is 4.79 Å². The number of ether oxygens (including phenoxy) is 2. The fraction of sp³-hybridized carbons (Fsp3) is 0.391. The Morgan fingerprint density at radius 3 is 2.60 bits per heavy atom. The molecule has 1 atom stereocenters. The van der Waals surface area contributed by atoms with Crippen molar-refractivity contribution in [2.45, 2.75) is 45.8 Å². The van der Waals surface area contributed by atoms with E-state index in [1.54, 1.807) is 17.9 Å². The Morgan fingerprint density at radius 1 is 1.27 bits per heavy atom. The van der Waals surface area contributed by atoms with Crippen LogP contribution in [0.1, 0.15) is 61.7 Å². The summed E-state index contributed by atoms with van der Waals surface area (Å²) in [6.07, 6.45) is 2.84. The highest BCUT2D eigenvalue weighted by Crippen LogP contribution is 2.54. The van der Waals surface area contributed by atoms with Crippen molar-refractivity contribution in [3.63, 3.8) is 0 Å². The van der Waals surface area contributed by atoms with Gasteiger partial charge in [-0.15, -0.1) is 0 Å². The van der Waals surface area contributed by atoms with Crippen LogP contribution in [-0.2, 0) is 0 Å². The average molecular weight is 409 g/mol. The predicted octanol–water partition coefficient (Wildman–Crippen LogP) is 4.78. The minimum Gasteiger partial charge on any atom is -0.493 e. The minimum absolute atomic E-state index is 0.0110. The van der Waals surface area contributed by atoms with Gasteiger partial charge < -0.3 is 23.6 Å². The second-order valence-corrected chi connectivity index (χ2v) is 9.06. The first-order chi connectivity index (χ1) is 14.2. The molecular weight excluding hydrogens is 386 g/mol. The second kappa shape index (κ2) is 6.14. The maximum atomic E-state index is 13.2. The van der Waals surface area contributed by atoms with Crippen LogP contribution in [0.15, 0.2) is 33.7 Å². The van der Waals surface area contributed by atoms with Crippen molar-refractivity contribution < 1.29 is 23.8 Å². The molecule has 3 heterocycles. The van der Waals surface area contributed by atoms with Crippen LogP contribution in [-0.4, -0.2) is 22.8 Å². The van der Waals surface area contributed by atoms with E-state index in [9.17, 15) is 14.7 Å². The van der Waals surface area contributed by atoms with Gasteiger partial charge in [-0.05, 0) is 31.0 Å². The lowest BCUT2D eigenvalue weighted by atomic mass is 9.80. The maximum Gasteiger partial charge on any atom is 0.341 e. The first kappa shape index (κ1) is 18.8. The minimum atomic E-state index is -1.22. The van der Waals surface area contributed by atoms with E-state index >= 15 is 0 Å². The van der Waals surface area contributed by atoms with Crippen molar-refractivity contribution in [2.24, 2.45) is 5.41 Å². The van der Waals surface area contributed by atoms with Crippen molar-refractivity contribution in [1.29, 1.82) is 0 Å². The van der Waals surface area contributed by atoms with Crippen LogP contribution in [0.2, 0.25) is 0 Å². The molecule has 1 aliphatic heterocycles. The Labute approximate surface area is 172 Å². The molecule has 1 fully saturated rings. The second-order valence-electron chi connectivity index (χ2n) is 9.06. The van der Waals surface area contributed by atoms with Crippen LogP contribution in [0.25, 0.3) is 22.2 Å². The molecule has 3 aromatic rings. The lowest BCUT2D eigenvalue weighted by molar-refractivity contribution is 0.0689. The van der Waals surface area contributed by atoms with Crippen molar-refractivity contribution in [3.8, 4) is 22.8 Å². The topological polar surface area (TPSA) is 90.9 Å². The number of carboxylic acid groups (broad SMARTS) is 1. The number of benzene rings is 1. The number of aromatic nitrogens is 1. The van der Waals surface area contributed by atoms with Gasteiger partial charge in [0.1, 0.15) is 17.4 Å². The average Bonchev–Trinajstić information content (AvgIpc) is 3.39. The molecule has 30 heavy (non-hydrogen) atoms. The van der Waals surface area contributed by atoms with Crippen molar-refractivity contribution in [3.05, 3.63) is 45.9 Å². The molecule has 7 nitrogen and oxygen atoms in total. The summed E-state index contributed by atoms with van der Waals surface area (Å²) >= 11 is 0. The number of furan rings is 1. The monoisotopic (exact) mass is 409 g/mol. The summed E-state index contributed by atoms with van der Waals surface area (Å²) in [5.41, 5.74) is 1.68. The normalized spacial score (nSPS) is 17.9. The Morgan fingerprint density at radius 2 is 2.00 bits per heavy atom. The molecule has 0 bridgehead atoms. The van der Waals surface area contributed by atoms with Gasteiger partial charge in [0.05, 0.1) is 24.5 Å². The van der Waals surface area contributed by atoms with Gasteiger partial charge in [0.2, 0.25) is 0 Å². The number of hydrogen-bond acceptors (Lipinski definition) is 5. The zero-order valence-corrected chi connectivity index (χ0v) is 17.3. The smallest absolute Gasteiger partial charge is 0.341 e. The number of carbonyl (C=O) groups is 1. The summed E-state index contributed by atoms with van der Waals surface area (Å²) in [5.74, 6) is -0.0583. The number of rotatable bonds is 3. The number of hydrogen-bond donors (Lipinski definition) is 1. The maximum absolute atomic E-state index is 13.2. The molecule has 2 aliphatic rings. The molecule has 1 aliphatic carbocycles. The van der Waals surface area contributed by atoms with E-state index in [0.717, 1.165) is 29.5 Å². The van der Waals surface area contributed by atoms with E-state index in [1.807, 2.05) is 32.9 Å². The van der Waals surface area contributed by atoms with Crippen molar-refractivity contribution in [2.75, 3.05) is 7.11 Å². The molecule has 156 valence electrons. The van der Waals surface area contributed by atoms with Crippen LogP contribution < -0.4 is 15.0 Å². The van der Waals surface area contributed by atoms with E-state index in [1.165, 1.54) is 6.07 Å². The highest BCUT2D eigenvalue weighted by Gasteiger charge is 2.41. The third-order valence-electron chi connectivity index (χ3n) is 5.84. The number of carboxylic acids is 1. The van der Waals surface area contributed by atoms with Crippen LogP contribution in [0.5, 0.6) is 11.5 Å². The highest BCUT2D eigenvalue weighted by molar-refractivity contribution is 5.97. The number of nitrogens with zero attached hydrogens (tertiary/aromatic N) is 1. The van der Waals surface area contributed by atoms with Gasteiger partial charge in [-0.1, -0.05) is 20.8 Å². The van der Waals surface area contributed by atoms with Gasteiger partial charge in [0, 0.05) is 22.6 Å². The van der Waals surface area contributed by atoms with E-state index < -0.39 is 17.6 Å². The number of aromatic carboxylic acids is 1. The van der Waals surface area contributed by atoms with E-state index in [-0.39, 0.29) is 17.0 Å². The molecule has 0 unspecified atom stereocenters. The molecule has 1 N–H and O–H groups in total. The molecule has 0 saturated heterocycles. The molecule has 1 aromatic carbocycles. The summed E-state index contributed by atoms with van der Waals surface area (Å²) in [6.45, 7) is 6.11. The zero-order valence-electron chi connectivity index (χ0n) is 17.3. The van der Waals surface area contributed by atoms with E-state index in [2.05, 4.69) is 0 Å². The van der Waals surface area contributed by atoms with Gasteiger partial charge in [0.25, 0.3) is 5.56 Å². The highest BCUT2D eigenvalue weighted by atomic mass is 16.5. The Hall–Kier alpha value is -3.22. The van der Waals surface area contributed by atoms with E-state index in [0.29, 0.717) is 22.6 Å². The van der Waals surface area contributed by atoms with Gasteiger partial charge >= 0.3 is 5.97 Å². The van der Waals surface area contributed by atoms with Crippen molar-refractivity contribution >= 4 is 16.9 Å². The van der Waals surface area contributed by atoms with Crippen LogP contribution in [0.4, 0.5) is 0 Å². The summed E-state index contributed by atoms with van der Waals surface area (Å²) in [7, 11) is 1.56. The fourth-order valence-corrected chi connectivity index (χ4v) is 4.34. The third kappa shape index (κ3) is 2.57. The molecule has 2 aromatic heterocycles. The largest absolute Gasteiger partial charge is 0.493 e. The first-order valence-corrected chi connectivity index (χ1v) is 10.00. The number of pyridine rings is 1. The van der Waals surface area contributed by atoms with Gasteiger partial charge in [-0.2, -0.15) is 0 Å². The van der Waals surface area contributed by atoms with Crippen molar-refractivity contribution in [1.82, 2.24) is 4.57 Å². The molecule has 7 heteroatoms. The lowest BCUT2D eigenvalue weighted by Gasteiger charge is -2.38. The molecule has 0 spiro atoms. The Balaban J connectivity index is 1.94. The van der Waals surface area contributed by atoms with Crippen LogP contribution >= 0.6 is 0 Å². The molecule has 1 saturated carbocycles. The fourth-order valence-electron chi connectivity index (χ4n) is 4.34. The summed E-state index contributed by atoms with van der Waals surface area (Å²) in [5, 5.41) is 10.5. The number of fused-ring (bicyclic) bond motifs is 5. The first-order valence-electron chi connectivity index (χ1n) is 10.00. The summed E-state index contributed by atoms with van der Waals surface area (Å²) < 4.78 is 19.3. The van der Waals surface area contributed by atoms with Gasteiger partial charge in [0.15, 0.2) is 11.3 Å². The standard InChI is InChI=1S/C23H23NO6/c1-23(2,3)20-14-9-15(22(26)27)21(25)24(11-5-6-11)17(14)13-10-16(28-4)19-12(7-8-29-19)18(13)30-20/h7-11,20H,5-6H2,1-4H3,(H,26,27)/t20-/m1/s1. The summed E-state index contributed by atoms with van der Waals surface area (Å²) in [6, 6.07) is 5.12. The quantitative estimate of drug-likeness (QED) is 0.669. The third-order valence-corrected chi connectivity index (χ3v) is 5.84. The van der Waals surface area contributed by atoms with Crippen LogP contribution in [0.3, 0.4) is 0 Å². The van der Waals surface area contributed by atoms with Crippen LogP contribution in [0, 0.1) is 5.41 Å². The predicted molar refractivity (Wildman–Crippen MR) is 111 cm³/mol. The Kier molecular flexibility index (Phi) is 3.84. The number of methoxy groups -OCH3 is 1. The molecule has 0 radical (unpaired) electrons. The Bertz CT molecular complexity index is 1260. The van der Waals surface area contributed by atoms with Gasteiger partial charge in [-0.25, -0.2) is 4.79 Å². The lowest BCUT2D eigenvalue weighted by Crippen LogP contribution is -2.34. The zero-order chi connectivity index (χ0) is 21.4. The van der Waals surface area contributed by atoms with E-state index in [4.69, 9.17) is 13.9 Å².